The van der Waals surface area contributed by atoms with Gasteiger partial charge in [0.05, 0.1) is 0 Å². The minimum absolute atomic E-state index is 0.257. The van der Waals surface area contributed by atoms with Crippen molar-refractivity contribution in [2.75, 3.05) is 19.6 Å². The highest BCUT2D eigenvalue weighted by Gasteiger charge is 2.20. The molecule has 0 heterocycles. The van der Waals surface area contributed by atoms with E-state index in [-0.39, 0.29) is 6.09 Å². The minimum Gasteiger partial charge on any atom is -0.444 e. The summed E-state index contributed by atoms with van der Waals surface area (Å²) in [5, 5.41) is 4.20. The molecule has 1 aromatic carbocycles. The number of benzene rings is 1. The van der Waals surface area contributed by atoms with Crippen LogP contribution in [0.2, 0.25) is 5.02 Å². The molecule has 1 N–H and O–H groups in total. The average molecular weight is 341 g/mol. The van der Waals surface area contributed by atoms with Gasteiger partial charge in [0, 0.05) is 30.7 Å². The van der Waals surface area contributed by atoms with Gasteiger partial charge in [-0.3, -0.25) is 0 Å². The van der Waals surface area contributed by atoms with Crippen molar-refractivity contribution in [1.29, 1.82) is 0 Å². The molecule has 0 aromatic heterocycles. The van der Waals surface area contributed by atoms with Crippen LogP contribution in [-0.4, -0.2) is 42.3 Å². The van der Waals surface area contributed by atoms with Crippen molar-refractivity contribution in [3.63, 3.8) is 0 Å². The van der Waals surface area contributed by atoms with Gasteiger partial charge in [0.15, 0.2) is 0 Å². The molecular weight excluding hydrogens is 312 g/mol. The fraction of sp³-hybridized carbons (Fsp3) is 0.611. The standard InChI is InChI=1S/C18H29ClN2O2/c1-6-21(17(22)23-18(3,4)5)12-11-20-14(2)13-15-7-9-16(19)10-8-15/h7-10,14,20H,6,11-13H2,1-5H3. The number of rotatable bonds is 7. The number of carbonyl (C=O) groups excluding carboxylic acids is 1. The Bertz CT molecular complexity index is 483. The van der Waals surface area contributed by atoms with E-state index < -0.39 is 5.60 Å². The number of hydrogen-bond acceptors (Lipinski definition) is 3. The Morgan fingerprint density at radius 1 is 1.30 bits per heavy atom. The van der Waals surface area contributed by atoms with Gasteiger partial charge in [-0.1, -0.05) is 23.7 Å². The van der Waals surface area contributed by atoms with Gasteiger partial charge >= 0.3 is 6.09 Å². The normalized spacial score (nSPS) is 12.8. The van der Waals surface area contributed by atoms with Crippen LogP contribution in [0, 0.1) is 0 Å². The van der Waals surface area contributed by atoms with Crippen LogP contribution >= 0.6 is 11.6 Å². The highest BCUT2D eigenvalue weighted by atomic mass is 35.5. The third kappa shape index (κ3) is 8.24. The molecule has 1 aromatic rings. The first-order chi connectivity index (χ1) is 10.7. The maximum absolute atomic E-state index is 12.1. The molecule has 0 aliphatic rings. The Kier molecular flexibility index (Phi) is 7.86. The number of nitrogens with zero attached hydrogens (tertiary/aromatic N) is 1. The summed E-state index contributed by atoms with van der Waals surface area (Å²) < 4.78 is 5.40. The number of halogens is 1. The summed E-state index contributed by atoms with van der Waals surface area (Å²) in [4.78, 5) is 13.8. The van der Waals surface area contributed by atoms with E-state index in [1.54, 1.807) is 4.90 Å². The van der Waals surface area contributed by atoms with Crippen LogP contribution < -0.4 is 5.32 Å². The number of ether oxygens (including phenoxy) is 1. The van der Waals surface area contributed by atoms with Crippen molar-refractivity contribution in [2.45, 2.75) is 52.7 Å². The average Bonchev–Trinajstić information content (AvgIpc) is 2.44. The number of hydrogen-bond donors (Lipinski definition) is 1. The monoisotopic (exact) mass is 340 g/mol. The van der Waals surface area contributed by atoms with E-state index in [1.165, 1.54) is 5.56 Å². The number of likely N-dealkylation sites (N-methyl/N-ethyl adjacent to an activating group) is 1. The molecule has 5 heteroatoms. The number of amides is 1. The second kappa shape index (κ2) is 9.14. The zero-order valence-electron chi connectivity index (χ0n) is 14.9. The fourth-order valence-electron chi connectivity index (χ4n) is 2.20. The lowest BCUT2D eigenvalue weighted by molar-refractivity contribution is 0.0261. The summed E-state index contributed by atoms with van der Waals surface area (Å²) in [6, 6.07) is 8.23. The van der Waals surface area contributed by atoms with E-state index in [4.69, 9.17) is 16.3 Å². The molecule has 0 fully saturated rings. The molecule has 0 bridgehead atoms. The summed E-state index contributed by atoms with van der Waals surface area (Å²) in [7, 11) is 0. The van der Waals surface area contributed by atoms with Gasteiger partial charge in [0.25, 0.3) is 0 Å². The molecule has 0 aliphatic carbocycles. The maximum Gasteiger partial charge on any atom is 0.410 e. The predicted molar refractivity (Wildman–Crippen MR) is 96.1 cm³/mol. The van der Waals surface area contributed by atoms with Gasteiger partial charge in [0.1, 0.15) is 5.60 Å². The van der Waals surface area contributed by atoms with Gasteiger partial charge in [-0.25, -0.2) is 4.79 Å². The van der Waals surface area contributed by atoms with Crippen LogP contribution in [0.25, 0.3) is 0 Å². The quantitative estimate of drug-likeness (QED) is 0.811. The topological polar surface area (TPSA) is 41.6 Å². The van der Waals surface area contributed by atoms with Crippen molar-refractivity contribution in [1.82, 2.24) is 10.2 Å². The van der Waals surface area contributed by atoms with Crippen molar-refractivity contribution < 1.29 is 9.53 Å². The molecule has 0 saturated heterocycles. The minimum atomic E-state index is -0.459. The highest BCUT2D eigenvalue weighted by Crippen LogP contribution is 2.11. The molecule has 1 unspecified atom stereocenters. The van der Waals surface area contributed by atoms with E-state index in [0.717, 1.165) is 18.0 Å². The van der Waals surface area contributed by atoms with Gasteiger partial charge in [-0.05, 0) is 58.7 Å². The molecule has 0 spiro atoms. The summed E-state index contributed by atoms with van der Waals surface area (Å²) in [5.74, 6) is 0. The lowest BCUT2D eigenvalue weighted by atomic mass is 10.1. The molecule has 1 atom stereocenters. The van der Waals surface area contributed by atoms with E-state index in [0.29, 0.717) is 19.1 Å². The molecule has 130 valence electrons. The molecule has 1 amide bonds. The van der Waals surface area contributed by atoms with Crippen LogP contribution in [0.5, 0.6) is 0 Å². The second-order valence-electron chi connectivity index (χ2n) is 6.75. The summed E-state index contributed by atoms with van der Waals surface area (Å²) in [5.41, 5.74) is 0.786. The lowest BCUT2D eigenvalue weighted by Crippen LogP contribution is -2.42. The number of nitrogens with one attached hydrogen (secondary N) is 1. The third-order valence-corrected chi connectivity index (χ3v) is 3.62. The molecule has 4 nitrogen and oxygen atoms in total. The Labute approximate surface area is 145 Å². The molecule has 0 aliphatic heterocycles. The van der Waals surface area contributed by atoms with Gasteiger partial charge < -0.3 is 15.0 Å². The summed E-state index contributed by atoms with van der Waals surface area (Å²) in [6.45, 7) is 11.8. The highest BCUT2D eigenvalue weighted by molar-refractivity contribution is 6.30. The maximum atomic E-state index is 12.1. The van der Waals surface area contributed by atoms with Crippen LogP contribution in [0.4, 0.5) is 4.79 Å². The van der Waals surface area contributed by atoms with Gasteiger partial charge in [-0.2, -0.15) is 0 Å². The summed E-state index contributed by atoms with van der Waals surface area (Å²) >= 11 is 5.89. The first-order valence-corrected chi connectivity index (χ1v) is 8.55. The zero-order valence-corrected chi connectivity index (χ0v) is 15.6. The Hall–Kier alpha value is -1.26. The van der Waals surface area contributed by atoms with E-state index in [2.05, 4.69) is 12.2 Å². The van der Waals surface area contributed by atoms with Crippen LogP contribution in [-0.2, 0) is 11.2 Å². The van der Waals surface area contributed by atoms with Crippen LogP contribution in [0.3, 0.4) is 0 Å². The zero-order chi connectivity index (χ0) is 17.5. The largest absolute Gasteiger partial charge is 0.444 e. The lowest BCUT2D eigenvalue weighted by Gasteiger charge is -2.27. The predicted octanol–water partition coefficient (Wildman–Crippen LogP) is 4.12. The first-order valence-electron chi connectivity index (χ1n) is 8.17. The van der Waals surface area contributed by atoms with Gasteiger partial charge in [0.2, 0.25) is 0 Å². The molecular formula is C18H29ClN2O2. The summed E-state index contributed by atoms with van der Waals surface area (Å²) in [6.07, 6.45) is 0.669. The van der Waals surface area contributed by atoms with Crippen molar-refractivity contribution in [2.24, 2.45) is 0 Å². The first kappa shape index (κ1) is 19.8. The van der Waals surface area contributed by atoms with Gasteiger partial charge in [-0.15, -0.1) is 0 Å². The van der Waals surface area contributed by atoms with E-state index in [9.17, 15) is 4.79 Å². The molecule has 23 heavy (non-hydrogen) atoms. The van der Waals surface area contributed by atoms with E-state index in [1.807, 2.05) is 52.0 Å². The van der Waals surface area contributed by atoms with E-state index >= 15 is 0 Å². The third-order valence-electron chi connectivity index (χ3n) is 3.36. The Morgan fingerprint density at radius 2 is 1.91 bits per heavy atom. The second-order valence-corrected chi connectivity index (χ2v) is 7.18. The number of carbonyl (C=O) groups is 1. The molecule has 0 saturated carbocycles. The molecule has 1 rings (SSSR count). The molecule has 0 radical (unpaired) electrons. The van der Waals surface area contributed by atoms with Crippen molar-refractivity contribution in [3.8, 4) is 0 Å². The SMILES string of the molecule is CCN(CCNC(C)Cc1ccc(Cl)cc1)C(=O)OC(C)(C)C. The smallest absolute Gasteiger partial charge is 0.410 e. The fourth-order valence-corrected chi connectivity index (χ4v) is 2.32. The van der Waals surface area contributed by atoms with Crippen molar-refractivity contribution >= 4 is 17.7 Å². The Morgan fingerprint density at radius 3 is 2.43 bits per heavy atom. The van der Waals surface area contributed by atoms with Crippen molar-refractivity contribution in [3.05, 3.63) is 34.9 Å². The Balaban J connectivity index is 2.35. The van der Waals surface area contributed by atoms with Crippen LogP contribution in [0.15, 0.2) is 24.3 Å². The van der Waals surface area contributed by atoms with Crippen LogP contribution in [0.1, 0.15) is 40.2 Å².